The van der Waals surface area contributed by atoms with Gasteiger partial charge >= 0.3 is 6.09 Å². The number of anilines is 1. The van der Waals surface area contributed by atoms with Crippen molar-refractivity contribution in [1.82, 2.24) is 24.4 Å². The molecule has 9 nitrogen and oxygen atoms in total. The Morgan fingerprint density at radius 2 is 2.03 bits per heavy atom. The number of thiazole rings is 1. The molecular weight excluding hydrogens is 416 g/mol. The van der Waals surface area contributed by atoms with Crippen LogP contribution in [0.2, 0.25) is 0 Å². The van der Waals surface area contributed by atoms with Gasteiger partial charge in [0.05, 0.1) is 23.8 Å². The highest BCUT2D eigenvalue weighted by Crippen LogP contribution is 2.31. The number of aromatic nitrogens is 5. The Kier molecular flexibility index (Phi) is 5.50. The van der Waals surface area contributed by atoms with E-state index in [0.29, 0.717) is 11.4 Å². The van der Waals surface area contributed by atoms with Gasteiger partial charge in [-0.1, -0.05) is 12.1 Å². The number of hydrogen-bond donors (Lipinski definition) is 2. The number of aliphatic hydroxyl groups is 1. The third-order valence-corrected chi connectivity index (χ3v) is 5.78. The van der Waals surface area contributed by atoms with Crippen molar-refractivity contribution < 1.29 is 14.6 Å². The summed E-state index contributed by atoms with van der Waals surface area (Å²) in [5, 5.41) is 22.0. The number of nitrogens with zero attached hydrogens (tertiary/aromatic N) is 5. The maximum Gasteiger partial charge on any atom is 0.412 e. The highest BCUT2D eigenvalue weighted by Gasteiger charge is 2.23. The van der Waals surface area contributed by atoms with E-state index < -0.39 is 17.8 Å². The van der Waals surface area contributed by atoms with E-state index in [1.807, 2.05) is 25.2 Å². The maximum absolute atomic E-state index is 11.9. The monoisotopic (exact) mass is 440 g/mol. The Hall–Kier alpha value is -3.24. The van der Waals surface area contributed by atoms with Crippen molar-refractivity contribution in [1.29, 1.82) is 0 Å². The van der Waals surface area contributed by atoms with E-state index in [-0.39, 0.29) is 0 Å². The molecule has 10 heteroatoms. The number of fused-ring (bicyclic) bond motifs is 1. The van der Waals surface area contributed by atoms with Crippen molar-refractivity contribution in [3.05, 3.63) is 59.3 Å². The van der Waals surface area contributed by atoms with E-state index in [4.69, 9.17) is 4.74 Å². The fourth-order valence-electron chi connectivity index (χ4n) is 3.18. The Morgan fingerprint density at radius 1 is 1.29 bits per heavy atom. The zero-order chi connectivity index (χ0) is 22.2. The number of imidazole rings is 1. The minimum absolute atomic E-state index is 0.444. The SMILES string of the molecule is CCc1sc2cncn2c1C(O)c1cn(-c2ccc(NC(=O)OC(C)(C)C)cc2)nn1. The van der Waals surface area contributed by atoms with Crippen LogP contribution in [0.3, 0.4) is 0 Å². The van der Waals surface area contributed by atoms with E-state index in [9.17, 15) is 9.90 Å². The normalized spacial score (nSPS) is 12.8. The number of benzene rings is 1. The molecular formula is C21H24N6O3S. The summed E-state index contributed by atoms with van der Waals surface area (Å²) in [7, 11) is 0. The first-order chi connectivity index (χ1) is 14.7. The number of carbonyl (C=O) groups excluding carboxylic acids is 1. The number of rotatable bonds is 5. The molecule has 162 valence electrons. The molecule has 3 heterocycles. The lowest BCUT2D eigenvalue weighted by atomic mass is 10.1. The fraction of sp³-hybridized carbons (Fsp3) is 0.333. The van der Waals surface area contributed by atoms with Crippen LogP contribution in [0.15, 0.2) is 43.0 Å². The number of ether oxygens (including phenoxy) is 1. The number of amides is 1. The summed E-state index contributed by atoms with van der Waals surface area (Å²) >= 11 is 1.61. The van der Waals surface area contributed by atoms with Crippen LogP contribution in [0.1, 0.15) is 50.1 Å². The summed E-state index contributed by atoms with van der Waals surface area (Å²) in [4.78, 5) is 18.1. The van der Waals surface area contributed by atoms with Gasteiger partial charge in [-0.05, 0) is 51.5 Å². The van der Waals surface area contributed by atoms with Crippen LogP contribution in [0.5, 0.6) is 0 Å². The molecule has 31 heavy (non-hydrogen) atoms. The fourth-order valence-corrected chi connectivity index (χ4v) is 4.25. The smallest absolute Gasteiger partial charge is 0.412 e. The second kappa shape index (κ2) is 8.12. The van der Waals surface area contributed by atoms with E-state index in [1.54, 1.807) is 59.0 Å². The lowest BCUT2D eigenvalue weighted by Gasteiger charge is -2.19. The minimum atomic E-state index is -0.917. The van der Waals surface area contributed by atoms with Crippen molar-refractivity contribution in [3.8, 4) is 5.69 Å². The summed E-state index contributed by atoms with van der Waals surface area (Å²) in [6, 6.07) is 7.10. The molecule has 0 aliphatic carbocycles. The van der Waals surface area contributed by atoms with Crippen LogP contribution in [-0.2, 0) is 11.2 Å². The topological polar surface area (TPSA) is 107 Å². The molecule has 1 unspecified atom stereocenters. The van der Waals surface area contributed by atoms with Gasteiger partial charge in [0.15, 0.2) is 0 Å². The highest BCUT2D eigenvalue weighted by atomic mass is 32.1. The summed E-state index contributed by atoms with van der Waals surface area (Å²) in [5.41, 5.74) is 1.99. The standard InChI is InChI=1S/C21H24N6O3S/c1-5-16-18(26-12-22-10-17(26)31-16)19(28)15-11-27(25-24-15)14-8-6-13(7-9-14)23-20(29)30-21(2,3)4/h6-12,19,28H,5H2,1-4H3,(H,23,29). The van der Waals surface area contributed by atoms with Crippen molar-refractivity contribution >= 4 is 27.9 Å². The molecule has 0 aliphatic rings. The molecule has 0 fully saturated rings. The highest BCUT2D eigenvalue weighted by molar-refractivity contribution is 7.17. The lowest BCUT2D eigenvalue weighted by molar-refractivity contribution is 0.0636. The lowest BCUT2D eigenvalue weighted by Crippen LogP contribution is -2.27. The van der Waals surface area contributed by atoms with Crippen LogP contribution < -0.4 is 5.32 Å². The van der Waals surface area contributed by atoms with Gasteiger partial charge in [0.1, 0.15) is 28.6 Å². The molecule has 0 bridgehead atoms. The molecule has 4 aromatic rings. The van der Waals surface area contributed by atoms with Gasteiger partial charge in [-0.15, -0.1) is 16.4 Å². The minimum Gasteiger partial charge on any atom is -0.444 e. The molecule has 0 aliphatic heterocycles. The van der Waals surface area contributed by atoms with Crippen LogP contribution >= 0.6 is 11.3 Å². The summed E-state index contributed by atoms with van der Waals surface area (Å²) < 4.78 is 8.73. The summed E-state index contributed by atoms with van der Waals surface area (Å²) in [5.74, 6) is 0. The molecule has 0 saturated heterocycles. The van der Waals surface area contributed by atoms with Gasteiger partial charge in [0, 0.05) is 10.6 Å². The quantitative estimate of drug-likeness (QED) is 0.486. The first kappa shape index (κ1) is 21.0. The Balaban J connectivity index is 1.52. The number of hydrogen-bond acceptors (Lipinski definition) is 7. The number of aryl methyl sites for hydroxylation is 1. The van der Waals surface area contributed by atoms with E-state index in [2.05, 4.69) is 27.5 Å². The third-order valence-electron chi connectivity index (χ3n) is 4.53. The predicted octanol–water partition coefficient (Wildman–Crippen LogP) is 3.97. The zero-order valence-electron chi connectivity index (χ0n) is 17.7. The largest absolute Gasteiger partial charge is 0.444 e. The second-order valence-electron chi connectivity index (χ2n) is 8.03. The van der Waals surface area contributed by atoms with Crippen LogP contribution in [0, 0.1) is 0 Å². The third kappa shape index (κ3) is 4.44. The molecule has 3 aromatic heterocycles. The van der Waals surface area contributed by atoms with Crippen molar-refractivity contribution in [2.24, 2.45) is 0 Å². The molecule has 0 radical (unpaired) electrons. The number of aliphatic hydroxyl groups excluding tert-OH is 1. The van der Waals surface area contributed by atoms with E-state index in [1.165, 1.54) is 0 Å². The van der Waals surface area contributed by atoms with Gasteiger partial charge in [0.2, 0.25) is 0 Å². The van der Waals surface area contributed by atoms with Gasteiger partial charge in [-0.2, -0.15) is 0 Å². The average molecular weight is 441 g/mol. The van der Waals surface area contributed by atoms with Crippen molar-refractivity contribution in [3.63, 3.8) is 0 Å². The van der Waals surface area contributed by atoms with Gasteiger partial charge in [0.25, 0.3) is 0 Å². The molecule has 1 aromatic carbocycles. The molecule has 1 amide bonds. The van der Waals surface area contributed by atoms with Crippen molar-refractivity contribution in [2.45, 2.75) is 45.8 Å². The van der Waals surface area contributed by atoms with Crippen LogP contribution in [0.25, 0.3) is 10.5 Å². The average Bonchev–Trinajstić information content (AvgIpc) is 3.42. The second-order valence-corrected chi connectivity index (χ2v) is 9.15. The Bertz CT molecular complexity index is 1200. The van der Waals surface area contributed by atoms with Crippen LogP contribution in [0.4, 0.5) is 10.5 Å². The molecule has 2 N–H and O–H groups in total. The van der Waals surface area contributed by atoms with E-state index >= 15 is 0 Å². The van der Waals surface area contributed by atoms with Crippen LogP contribution in [-0.4, -0.2) is 41.2 Å². The van der Waals surface area contributed by atoms with E-state index in [0.717, 1.165) is 27.5 Å². The molecule has 4 rings (SSSR count). The Labute approximate surface area is 183 Å². The van der Waals surface area contributed by atoms with Crippen molar-refractivity contribution in [2.75, 3.05) is 5.32 Å². The number of carbonyl (C=O) groups is 1. The maximum atomic E-state index is 11.9. The summed E-state index contributed by atoms with van der Waals surface area (Å²) in [6.07, 6.45) is 4.55. The molecule has 0 saturated carbocycles. The Morgan fingerprint density at radius 3 is 2.71 bits per heavy atom. The zero-order valence-corrected chi connectivity index (χ0v) is 18.6. The molecule has 1 atom stereocenters. The van der Waals surface area contributed by atoms with Gasteiger partial charge in [-0.25, -0.2) is 14.5 Å². The first-order valence-corrected chi connectivity index (χ1v) is 10.7. The summed E-state index contributed by atoms with van der Waals surface area (Å²) in [6.45, 7) is 7.48. The number of nitrogens with one attached hydrogen (secondary N) is 1. The molecule has 0 spiro atoms. The van der Waals surface area contributed by atoms with Gasteiger partial charge in [-0.3, -0.25) is 9.72 Å². The van der Waals surface area contributed by atoms with Gasteiger partial charge < -0.3 is 9.84 Å². The predicted molar refractivity (Wildman–Crippen MR) is 118 cm³/mol. The first-order valence-electron chi connectivity index (χ1n) is 9.89.